The van der Waals surface area contributed by atoms with E-state index < -0.39 is 0 Å². The minimum absolute atomic E-state index is 0. The van der Waals surface area contributed by atoms with Gasteiger partial charge in [-0.1, -0.05) is 155 Å². The second kappa shape index (κ2) is 14.3. The zero-order chi connectivity index (χ0) is 34.7. The maximum absolute atomic E-state index is 6.55. The molecule has 8 rings (SSSR count). The normalized spacial score (nSPS) is 18.9. The smallest absolute Gasteiger partial charge is 1.00 e. The minimum atomic E-state index is -0.0567. The number of hydrogen-bond acceptors (Lipinski definition) is 0. The van der Waals surface area contributed by atoms with E-state index >= 15 is 0 Å². The molecule has 0 unspecified atom stereocenters. The fraction of sp³-hybridized carbons (Fsp3) is 0.362. The molecule has 4 aliphatic rings. The van der Waals surface area contributed by atoms with Gasteiger partial charge in [0.05, 0.1) is 0 Å². The van der Waals surface area contributed by atoms with Gasteiger partial charge in [-0.05, 0) is 106 Å². The van der Waals surface area contributed by atoms with Crippen LogP contribution in [0.5, 0.6) is 0 Å². The standard InChI is InChI=1S/C47H47Cl2.2ClH.Zr/c1-44(2)21-22-45(3,4)37-27-34-31(26-36(37)44)25-35-39(28-11-9-10-12-28)42-43(47(7,8)24-23-46(42,5)6)41(40(34)35)38(29-13-17-32(48)18-14-29)30-15-19-33(49)20-16-30;;;/h9-11,13-20,26-27H,12,21-24H2,1-8H3;2*1H;/q-1;;;+3/p-2. The molecule has 0 aromatic heterocycles. The number of fused-ring (bicyclic) bond motifs is 4. The van der Waals surface area contributed by atoms with Gasteiger partial charge in [-0.3, -0.25) is 0 Å². The molecule has 0 amide bonds. The van der Waals surface area contributed by atoms with E-state index in [0.29, 0.717) is 0 Å². The molecular formula is C47H47Cl4Zr. The van der Waals surface area contributed by atoms with Gasteiger partial charge in [-0.25, -0.2) is 0 Å². The fourth-order valence-corrected chi connectivity index (χ4v) is 9.58. The summed E-state index contributed by atoms with van der Waals surface area (Å²) in [7, 11) is 0. The third kappa shape index (κ3) is 6.62. The average Bonchev–Trinajstić information content (AvgIpc) is 3.71. The second-order valence-electron chi connectivity index (χ2n) is 17.6. The Morgan fingerprint density at radius 2 is 1.12 bits per heavy atom. The van der Waals surface area contributed by atoms with Gasteiger partial charge in [0.2, 0.25) is 0 Å². The first-order chi connectivity index (χ1) is 23.1. The minimum Gasteiger partial charge on any atom is -1.00 e. The van der Waals surface area contributed by atoms with Gasteiger partial charge in [0, 0.05) is 10.0 Å². The predicted octanol–water partition coefficient (Wildman–Crippen LogP) is 5.59. The van der Waals surface area contributed by atoms with Crippen LogP contribution < -0.4 is 35.3 Å². The summed E-state index contributed by atoms with van der Waals surface area (Å²) >= 11 is 13.1. The zero-order valence-electron chi connectivity index (χ0n) is 31.6. The van der Waals surface area contributed by atoms with Gasteiger partial charge in [0.25, 0.3) is 0 Å². The van der Waals surface area contributed by atoms with Crippen LogP contribution in [0.25, 0.3) is 17.2 Å². The summed E-state index contributed by atoms with van der Waals surface area (Å²) < 4.78 is 0. The third-order valence-corrected chi connectivity index (χ3v) is 12.9. The van der Waals surface area contributed by atoms with Crippen molar-refractivity contribution in [2.75, 3.05) is 0 Å². The molecule has 4 aromatic carbocycles. The Morgan fingerprint density at radius 3 is 1.62 bits per heavy atom. The molecule has 267 valence electrons. The van der Waals surface area contributed by atoms with Gasteiger partial charge in [0.15, 0.2) is 0 Å². The first kappa shape index (κ1) is 41.3. The topological polar surface area (TPSA) is 0 Å². The summed E-state index contributed by atoms with van der Waals surface area (Å²) in [4.78, 5) is 0. The Balaban J connectivity index is 0.00000174. The van der Waals surface area contributed by atoms with Crippen molar-refractivity contribution in [3.8, 4) is 0 Å². The van der Waals surface area contributed by atoms with E-state index in [-0.39, 0.29) is 72.7 Å². The molecular weight excluding hydrogens is 798 g/mol. The van der Waals surface area contributed by atoms with Crippen molar-refractivity contribution in [1.82, 2.24) is 0 Å². The van der Waals surface area contributed by atoms with Crippen LogP contribution in [0.2, 0.25) is 10.0 Å². The van der Waals surface area contributed by atoms with E-state index in [1.54, 1.807) is 0 Å². The Hall–Kier alpha value is -1.86. The van der Waals surface area contributed by atoms with E-state index in [9.17, 15) is 0 Å². The molecule has 4 aliphatic carbocycles. The number of benzene rings is 4. The Bertz CT molecular complexity index is 2310. The summed E-state index contributed by atoms with van der Waals surface area (Å²) in [5.41, 5.74) is 13.8. The maximum Gasteiger partial charge on any atom is 3.00 e. The molecule has 0 fully saturated rings. The van der Waals surface area contributed by atoms with E-state index in [1.807, 2.05) is 24.3 Å². The van der Waals surface area contributed by atoms with Crippen LogP contribution in [0.4, 0.5) is 0 Å². The summed E-state index contributed by atoms with van der Waals surface area (Å²) in [6.07, 6.45) is 16.6. The largest absolute Gasteiger partial charge is 3.00 e. The third-order valence-electron chi connectivity index (χ3n) is 12.4. The quantitative estimate of drug-likeness (QED) is 0.208. The van der Waals surface area contributed by atoms with Crippen molar-refractivity contribution in [1.29, 1.82) is 0 Å². The zero-order valence-corrected chi connectivity index (χ0v) is 37.0. The number of rotatable bonds is 3. The van der Waals surface area contributed by atoms with Crippen molar-refractivity contribution in [2.45, 2.75) is 109 Å². The summed E-state index contributed by atoms with van der Waals surface area (Å²) in [6.45, 7) is 19.6. The van der Waals surface area contributed by atoms with Crippen LogP contribution >= 0.6 is 23.2 Å². The molecule has 5 heteroatoms. The van der Waals surface area contributed by atoms with Crippen molar-refractivity contribution >= 4 is 40.4 Å². The number of halogens is 4. The van der Waals surface area contributed by atoms with Gasteiger partial charge >= 0.3 is 26.2 Å². The van der Waals surface area contributed by atoms with Crippen LogP contribution in [0.3, 0.4) is 0 Å². The van der Waals surface area contributed by atoms with Crippen LogP contribution in [0.15, 0.2) is 78.9 Å². The Morgan fingerprint density at radius 1 is 0.635 bits per heavy atom. The van der Waals surface area contributed by atoms with Gasteiger partial charge < -0.3 is 24.8 Å². The van der Waals surface area contributed by atoms with Crippen molar-refractivity contribution in [2.24, 2.45) is 0 Å². The maximum atomic E-state index is 6.55. The van der Waals surface area contributed by atoms with E-state index in [2.05, 4.69) is 116 Å². The van der Waals surface area contributed by atoms with E-state index in [1.165, 1.54) is 78.2 Å². The summed E-state index contributed by atoms with van der Waals surface area (Å²) in [6, 6.07) is 22.0. The predicted molar refractivity (Wildman–Crippen MR) is 209 cm³/mol. The fourth-order valence-electron chi connectivity index (χ4n) is 9.32. The van der Waals surface area contributed by atoms with Gasteiger partial charge in [0.1, 0.15) is 0 Å². The summed E-state index contributed by atoms with van der Waals surface area (Å²) in [5.74, 6) is 0. The SMILES string of the molecule is CC1(C)CCC(C)(C)c2cc3c(cc21)=[C-]c1c(C2=CC=CC2)c2c(c(=C(c4ccc(Cl)cc4)c4ccc(Cl)cc4)c1=3)C(C)(C)CCC2(C)C.[Cl-].[Cl-].[Zr+3]. The molecule has 4 aromatic rings. The molecule has 0 spiro atoms. The average molecular weight is 845 g/mol. The molecule has 1 radical (unpaired) electrons. The molecule has 0 saturated heterocycles. The van der Waals surface area contributed by atoms with Crippen LogP contribution in [-0.2, 0) is 47.9 Å². The van der Waals surface area contributed by atoms with Crippen LogP contribution in [0.1, 0.15) is 132 Å². The molecule has 52 heavy (non-hydrogen) atoms. The molecule has 0 heterocycles. The van der Waals surface area contributed by atoms with Crippen LogP contribution in [0, 0.1) is 10.4 Å². The molecule has 0 atom stereocenters. The van der Waals surface area contributed by atoms with Crippen molar-refractivity contribution < 1.29 is 51.0 Å². The van der Waals surface area contributed by atoms with E-state index in [4.69, 9.17) is 23.2 Å². The second-order valence-corrected chi connectivity index (χ2v) is 18.4. The summed E-state index contributed by atoms with van der Waals surface area (Å²) in [5, 5.41) is 6.73. The van der Waals surface area contributed by atoms with Crippen LogP contribution in [-0.4, -0.2) is 0 Å². The molecule has 0 N–H and O–H groups in total. The molecule has 0 bridgehead atoms. The van der Waals surface area contributed by atoms with Gasteiger partial charge in [-0.15, -0.1) is 33.4 Å². The molecule has 0 nitrogen and oxygen atoms in total. The monoisotopic (exact) mass is 841 g/mol. The Kier molecular flexibility index (Phi) is 11.4. The number of hydrogen-bond donors (Lipinski definition) is 0. The van der Waals surface area contributed by atoms with E-state index in [0.717, 1.165) is 40.4 Å². The Labute approximate surface area is 352 Å². The van der Waals surface area contributed by atoms with Gasteiger partial charge in [-0.2, -0.15) is 0 Å². The van der Waals surface area contributed by atoms with Crippen molar-refractivity contribution in [3.63, 3.8) is 0 Å². The first-order valence-electron chi connectivity index (χ1n) is 18.1. The molecule has 0 saturated carbocycles. The number of allylic oxidation sites excluding steroid dienone is 4. The molecule has 0 aliphatic heterocycles. The first-order valence-corrected chi connectivity index (χ1v) is 18.8. The van der Waals surface area contributed by atoms with Crippen molar-refractivity contribution in [3.05, 3.63) is 154 Å².